The van der Waals surface area contributed by atoms with Crippen LogP contribution >= 0.6 is 11.6 Å². The van der Waals surface area contributed by atoms with Crippen LogP contribution in [0, 0.1) is 0 Å². The van der Waals surface area contributed by atoms with Gasteiger partial charge < -0.3 is 5.11 Å². The molecule has 0 bridgehead atoms. The average molecular weight is 270 g/mol. The van der Waals surface area contributed by atoms with E-state index in [0.29, 0.717) is 10.6 Å². The zero-order valence-electron chi connectivity index (χ0n) is 10.1. The predicted octanol–water partition coefficient (Wildman–Crippen LogP) is 3.97. The summed E-state index contributed by atoms with van der Waals surface area (Å²) in [7, 11) is 0. The highest BCUT2D eigenvalue weighted by molar-refractivity contribution is 6.31. The number of aliphatic hydroxyl groups is 1. The van der Waals surface area contributed by atoms with Crippen LogP contribution in [0.1, 0.15) is 17.2 Å². The van der Waals surface area contributed by atoms with E-state index in [1.165, 1.54) is 0 Å². The van der Waals surface area contributed by atoms with Gasteiger partial charge in [0.15, 0.2) is 0 Å². The van der Waals surface area contributed by atoms with Gasteiger partial charge in [0.25, 0.3) is 0 Å². The molecule has 2 nitrogen and oxygen atoms in total. The van der Waals surface area contributed by atoms with Crippen molar-refractivity contribution in [2.75, 3.05) is 0 Å². The molecule has 1 aromatic heterocycles. The molecule has 19 heavy (non-hydrogen) atoms. The lowest BCUT2D eigenvalue weighted by Crippen LogP contribution is -2.01. The van der Waals surface area contributed by atoms with Crippen molar-refractivity contribution >= 4 is 22.4 Å². The summed E-state index contributed by atoms with van der Waals surface area (Å²) >= 11 is 6.15. The predicted molar refractivity (Wildman–Crippen MR) is 77.3 cm³/mol. The summed E-state index contributed by atoms with van der Waals surface area (Å²) in [5.41, 5.74) is 1.56. The molecule has 1 N–H and O–H groups in total. The Morgan fingerprint density at radius 2 is 1.74 bits per heavy atom. The fourth-order valence-electron chi connectivity index (χ4n) is 2.25. The molecule has 0 saturated carbocycles. The summed E-state index contributed by atoms with van der Waals surface area (Å²) in [5, 5.41) is 13.1. The minimum atomic E-state index is -0.736. The molecule has 94 valence electrons. The maximum Gasteiger partial charge on any atom is 0.106 e. The minimum absolute atomic E-state index is 0.570. The van der Waals surface area contributed by atoms with Gasteiger partial charge in [0.1, 0.15) is 6.10 Å². The molecule has 0 amide bonds. The van der Waals surface area contributed by atoms with Crippen molar-refractivity contribution in [3.8, 4) is 0 Å². The quantitative estimate of drug-likeness (QED) is 0.764. The van der Waals surface area contributed by atoms with Gasteiger partial charge in [-0.05, 0) is 23.1 Å². The van der Waals surface area contributed by atoms with E-state index in [1.807, 2.05) is 42.5 Å². The largest absolute Gasteiger partial charge is 0.384 e. The Kier molecular flexibility index (Phi) is 3.20. The lowest BCUT2D eigenvalue weighted by Gasteiger charge is -2.15. The summed E-state index contributed by atoms with van der Waals surface area (Å²) in [6, 6.07) is 15.1. The first kappa shape index (κ1) is 12.2. The van der Waals surface area contributed by atoms with Gasteiger partial charge >= 0.3 is 0 Å². The molecule has 0 spiro atoms. The Morgan fingerprint density at radius 3 is 2.58 bits per heavy atom. The van der Waals surface area contributed by atoms with E-state index in [-0.39, 0.29) is 0 Å². The molecule has 0 aliphatic carbocycles. The smallest absolute Gasteiger partial charge is 0.106 e. The molecule has 0 aliphatic rings. The van der Waals surface area contributed by atoms with Crippen LogP contribution in [-0.4, -0.2) is 10.1 Å². The lowest BCUT2D eigenvalue weighted by atomic mass is 9.97. The second-order valence-corrected chi connectivity index (χ2v) is 4.78. The van der Waals surface area contributed by atoms with Crippen molar-refractivity contribution < 1.29 is 5.11 Å². The van der Waals surface area contributed by atoms with E-state index >= 15 is 0 Å². The first-order chi connectivity index (χ1) is 9.27. The van der Waals surface area contributed by atoms with E-state index < -0.39 is 6.10 Å². The van der Waals surface area contributed by atoms with E-state index in [4.69, 9.17) is 11.6 Å². The fourth-order valence-corrected chi connectivity index (χ4v) is 2.49. The summed E-state index contributed by atoms with van der Waals surface area (Å²) in [5.74, 6) is 0. The SMILES string of the molecule is OC(c1ccccc1Cl)c1cccc2cnccc12. The van der Waals surface area contributed by atoms with Crippen molar-refractivity contribution in [3.63, 3.8) is 0 Å². The summed E-state index contributed by atoms with van der Waals surface area (Å²) in [6.45, 7) is 0. The monoisotopic (exact) mass is 269 g/mol. The van der Waals surface area contributed by atoms with Gasteiger partial charge in [-0.1, -0.05) is 48.0 Å². The normalized spacial score (nSPS) is 12.5. The summed E-state index contributed by atoms with van der Waals surface area (Å²) in [6.07, 6.45) is 2.78. The molecule has 0 saturated heterocycles. The summed E-state index contributed by atoms with van der Waals surface area (Å²) in [4.78, 5) is 4.10. The molecule has 1 unspecified atom stereocenters. The topological polar surface area (TPSA) is 33.1 Å². The third kappa shape index (κ3) is 2.21. The van der Waals surface area contributed by atoms with Gasteiger partial charge in [-0.25, -0.2) is 0 Å². The molecule has 0 radical (unpaired) electrons. The van der Waals surface area contributed by atoms with Crippen molar-refractivity contribution in [1.29, 1.82) is 0 Å². The Hall–Kier alpha value is -1.90. The van der Waals surface area contributed by atoms with Gasteiger partial charge in [0, 0.05) is 28.4 Å². The molecular weight excluding hydrogens is 258 g/mol. The maximum absolute atomic E-state index is 10.6. The van der Waals surface area contributed by atoms with Crippen molar-refractivity contribution in [2.45, 2.75) is 6.10 Å². The number of fused-ring (bicyclic) bond motifs is 1. The van der Waals surface area contributed by atoms with E-state index in [2.05, 4.69) is 4.98 Å². The van der Waals surface area contributed by atoms with Crippen LogP contribution in [0.15, 0.2) is 60.9 Å². The lowest BCUT2D eigenvalue weighted by molar-refractivity contribution is 0.222. The van der Waals surface area contributed by atoms with Crippen LogP contribution in [0.25, 0.3) is 10.8 Å². The molecular formula is C16H12ClNO. The zero-order chi connectivity index (χ0) is 13.2. The number of rotatable bonds is 2. The molecule has 1 atom stereocenters. The number of hydrogen-bond acceptors (Lipinski definition) is 2. The van der Waals surface area contributed by atoms with Gasteiger partial charge in [0.2, 0.25) is 0 Å². The average Bonchev–Trinajstić information content (AvgIpc) is 2.46. The minimum Gasteiger partial charge on any atom is -0.384 e. The van der Waals surface area contributed by atoms with Gasteiger partial charge in [-0.2, -0.15) is 0 Å². The Bertz CT molecular complexity index is 721. The highest BCUT2D eigenvalue weighted by Gasteiger charge is 2.15. The zero-order valence-corrected chi connectivity index (χ0v) is 10.9. The van der Waals surface area contributed by atoms with Crippen molar-refractivity contribution in [3.05, 3.63) is 77.1 Å². The van der Waals surface area contributed by atoms with Crippen LogP contribution in [0.2, 0.25) is 5.02 Å². The van der Waals surface area contributed by atoms with Crippen LogP contribution in [0.5, 0.6) is 0 Å². The molecule has 2 aromatic carbocycles. The maximum atomic E-state index is 10.6. The number of hydrogen-bond donors (Lipinski definition) is 1. The molecule has 3 rings (SSSR count). The number of pyridine rings is 1. The number of benzene rings is 2. The Labute approximate surface area is 116 Å². The summed E-state index contributed by atoms with van der Waals surface area (Å²) < 4.78 is 0. The van der Waals surface area contributed by atoms with Gasteiger partial charge in [0.05, 0.1) is 0 Å². The molecule has 0 fully saturated rings. The van der Waals surface area contributed by atoms with Gasteiger partial charge in [-0.3, -0.25) is 4.98 Å². The third-order valence-electron chi connectivity index (χ3n) is 3.21. The number of aliphatic hydroxyl groups excluding tert-OH is 1. The van der Waals surface area contributed by atoms with E-state index in [9.17, 15) is 5.11 Å². The highest BCUT2D eigenvalue weighted by Crippen LogP contribution is 2.31. The molecule has 0 aliphatic heterocycles. The third-order valence-corrected chi connectivity index (χ3v) is 3.55. The van der Waals surface area contributed by atoms with Crippen LogP contribution in [-0.2, 0) is 0 Å². The second-order valence-electron chi connectivity index (χ2n) is 4.37. The fraction of sp³-hybridized carbons (Fsp3) is 0.0625. The van der Waals surface area contributed by atoms with Crippen LogP contribution in [0.4, 0.5) is 0 Å². The Morgan fingerprint density at radius 1 is 0.947 bits per heavy atom. The van der Waals surface area contributed by atoms with E-state index in [1.54, 1.807) is 18.5 Å². The molecule has 1 heterocycles. The highest BCUT2D eigenvalue weighted by atomic mass is 35.5. The Balaban J connectivity index is 2.17. The number of nitrogens with zero attached hydrogens (tertiary/aromatic N) is 1. The number of aromatic nitrogens is 1. The first-order valence-electron chi connectivity index (χ1n) is 6.02. The van der Waals surface area contributed by atoms with Crippen LogP contribution < -0.4 is 0 Å². The number of halogens is 1. The second kappa shape index (κ2) is 5.00. The first-order valence-corrected chi connectivity index (χ1v) is 6.40. The standard InChI is InChI=1S/C16H12ClNO/c17-15-7-2-1-5-14(15)16(19)13-6-3-4-11-10-18-9-8-12(11)13/h1-10,16,19H. The van der Waals surface area contributed by atoms with Crippen LogP contribution in [0.3, 0.4) is 0 Å². The van der Waals surface area contributed by atoms with Crippen molar-refractivity contribution in [2.24, 2.45) is 0 Å². The molecule has 3 aromatic rings. The van der Waals surface area contributed by atoms with Gasteiger partial charge in [-0.15, -0.1) is 0 Å². The van der Waals surface area contributed by atoms with Crippen molar-refractivity contribution in [1.82, 2.24) is 4.98 Å². The van der Waals surface area contributed by atoms with E-state index in [0.717, 1.165) is 16.3 Å². The molecule has 3 heteroatoms.